The van der Waals surface area contributed by atoms with Crippen molar-refractivity contribution < 1.29 is 4.39 Å². The first kappa shape index (κ1) is 11.5. The van der Waals surface area contributed by atoms with Crippen molar-refractivity contribution in [2.24, 2.45) is 0 Å². The summed E-state index contributed by atoms with van der Waals surface area (Å²) in [7, 11) is 1.86. The first-order valence-electron chi connectivity index (χ1n) is 5.02. The quantitative estimate of drug-likeness (QED) is 0.760. The maximum Gasteiger partial charge on any atom is 0.147 e. The van der Waals surface area contributed by atoms with Crippen LogP contribution in [0.3, 0.4) is 0 Å². The molecule has 1 unspecified atom stereocenters. The van der Waals surface area contributed by atoms with Gasteiger partial charge in [0.2, 0.25) is 0 Å². The van der Waals surface area contributed by atoms with E-state index in [0.29, 0.717) is 11.3 Å². The Morgan fingerprint density at radius 2 is 2.20 bits per heavy atom. The Bertz CT molecular complexity index is 382. The number of hydrogen-bond acceptors (Lipinski definition) is 2. The summed E-state index contributed by atoms with van der Waals surface area (Å²) < 4.78 is 13.6. The Labute approximate surface area is 89.9 Å². The summed E-state index contributed by atoms with van der Waals surface area (Å²) in [4.78, 5) is 1.89. The molecule has 0 heterocycles. The molecule has 0 saturated heterocycles. The van der Waals surface area contributed by atoms with Crippen LogP contribution in [-0.2, 0) is 0 Å². The van der Waals surface area contributed by atoms with Gasteiger partial charge in [-0.15, -0.1) is 0 Å². The van der Waals surface area contributed by atoms with Gasteiger partial charge in [0.25, 0.3) is 0 Å². The Kier molecular flexibility index (Phi) is 3.68. The van der Waals surface area contributed by atoms with Gasteiger partial charge in [-0.2, -0.15) is 5.26 Å². The molecule has 0 spiro atoms. The molecule has 0 aliphatic heterocycles. The second-order valence-electron chi connectivity index (χ2n) is 3.65. The minimum absolute atomic E-state index is 0.285. The van der Waals surface area contributed by atoms with Gasteiger partial charge in [0.15, 0.2) is 0 Å². The van der Waals surface area contributed by atoms with E-state index < -0.39 is 0 Å². The summed E-state index contributed by atoms with van der Waals surface area (Å²) in [5.41, 5.74) is 0.900. The van der Waals surface area contributed by atoms with Crippen molar-refractivity contribution in [2.75, 3.05) is 11.9 Å². The van der Waals surface area contributed by atoms with Crippen LogP contribution in [0.1, 0.15) is 25.8 Å². The monoisotopic (exact) mass is 206 g/mol. The Morgan fingerprint density at radius 1 is 1.53 bits per heavy atom. The van der Waals surface area contributed by atoms with Crippen molar-refractivity contribution in [3.05, 3.63) is 29.6 Å². The minimum atomic E-state index is -0.336. The molecular formula is C12H15FN2. The largest absolute Gasteiger partial charge is 0.370 e. The van der Waals surface area contributed by atoms with Crippen LogP contribution in [0.5, 0.6) is 0 Å². The van der Waals surface area contributed by atoms with Crippen LogP contribution in [0.15, 0.2) is 18.2 Å². The summed E-state index contributed by atoms with van der Waals surface area (Å²) >= 11 is 0. The van der Waals surface area contributed by atoms with Crippen LogP contribution < -0.4 is 4.90 Å². The lowest BCUT2D eigenvalue weighted by Crippen LogP contribution is -2.28. The maximum atomic E-state index is 13.6. The second kappa shape index (κ2) is 4.79. The van der Waals surface area contributed by atoms with E-state index in [1.807, 2.05) is 24.9 Å². The number of halogens is 1. The molecule has 2 nitrogen and oxygen atoms in total. The third kappa shape index (κ3) is 2.47. The molecule has 1 aromatic rings. The van der Waals surface area contributed by atoms with Gasteiger partial charge in [0.1, 0.15) is 5.82 Å². The fourth-order valence-corrected chi connectivity index (χ4v) is 1.37. The number of anilines is 1. The molecule has 0 bridgehead atoms. The standard InChI is InChI=1S/C12H15FN2/c1-4-9(2)15(3)12-6-5-10(8-14)7-11(12)13/h5-7,9H,4H2,1-3H3. The van der Waals surface area contributed by atoms with E-state index in [9.17, 15) is 4.39 Å². The van der Waals surface area contributed by atoms with E-state index in [1.165, 1.54) is 6.07 Å². The van der Waals surface area contributed by atoms with Gasteiger partial charge >= 0.3 is 0 Å². The molecule has 0 aliphatic rings. The van der Waals surface area contributed by atoms with E-state index in [0.717, 1.165) is 6.42 Å². The van der Waals surface area contributed by atoms with E-state index >= 15 is 0 Å². The van der Waals surface area contributed by atoms with E-state index in [-0.39, 0.29) is 11.9 Å². The van der Waals surface area contributed by atoms with Crippen LogP contribution in [0, 0.1) is 17.1 Å². The molecule has 3 heteroatoms. The SMILES string of the molecule is CCC(C)N(C)c1ccc(C#N)cc1F. The first-order chi connectivity index (χ1) is 7.10. The Hall–Kier alpha value is -1.56. The normalized spacial score (nSPS) is 11.9. The molecule has 0 aliphatic carbocycles. The highest BCUT2D eigenvalue weighted by molar-refractivity contribution is 5.51. The van der Waals surface area contributed by atoms with Gasteiger partial charge in [-0.25, -0.2) is 4.39 Å². The Balaban J connectivity index is 3.01. The van der Waals surface area contributed by atoms with Gasteiger partial charge in [-0.05, 0) is 31.5 Å². The third-order valence-electron chi connectivity index (χ3n) is 2.71. The average Bonchev–Trinajstić information content (AvgIpc) is 2.26. The zero-order chi connectivity index (χ0) is 11.4. The molecule has 0 saturated carbocycles. The van der Waals surface area contributed by atoms with Crippen LogP contribution in [0.2, 0.25) is 0 Å². The summed E-state index contributed by atoms with van der Waals surface area (Å²) in [6, 6.07) is 6.76. The van der Waals surface area contributed by atoms with Crippen molar-refractivity contribution in [3.8, 4) is 6.07 Å². The number of nitrogens with zero attached hydrogens (tertiary/aromatic N) is 2. The van der Waals surface area contributed by atoms with Gasteiger partial charge in [0, 0.05) is 13.1 Å². The second-order valence-corrected chi connectivity index (χ2v) is 3.65. The molecule has 0 amide bonds. The fraction of sp³-hybridized carbons (Fsp3) is 0.417. The highest BCUT2D eigenvalue weighted by Crippen LogP contribution is 2.21. The summed E-state index contributed by atoms with van der Waals surface area (Å²) in [5, 5.41) is 8.62. The van der Waals surface area contributed by atoms with Crippen molar-refractivity contribution in [1.29, 1.82) is 5.26 Å². The maximum absolute atomic E-state index is 13.6. The average molecular weight is 206 g/mol. The van der Waals surface area contributed by atoms with E-state index in [4.69, 9.17) is 5.26 Å². The minimum Gasteiger partial charge on any atom is -0.370 e. The zero-order valence-corrected chi connectivity index (χ0v) is 9.29. The third-order valence-corrected chi connectivity index (χ3v) is 2.71. The van der Waals surface area contributed by atoms with Crippen molar-refractivity contribution in [2.45, 2.75) is 26.3 Å². The van der Waals surface area contributed by atoms with Gasteiger partial charge in [-0.3, -0.25) is 0 Å². The molecule has 80 valence electrons. The lowest BCUT2D eigenvalue weighted by molar-refractivity contribution is 0.599. The van der Waals surface area contributed by atoms with Crippen molar-refractivity contribution in [1.82, 2.24) is 0 Å². The van der Waals surface area contributed by atoms with Gasteiger partial charge in [-0.1, -0.05) is 6.92 Å². The number of rotatable bonds is 3. The fourth-order valence-electron chi connectivity index (χ4n) is 1.37. The predicted octanol–water partition coefficient (Wildman–Crippen LogP) is 2.93. The van der Waals surface area contributed by atoms with Gasteiger partial charge < -0.3 is 4.90 Å². The molecule has 0 aromatic heterocycles. The van der Waals surface area contributed by atoms with Crippen molar-refractivity contribution in [3.63, 3.8) is 0 Å². The van der Waals surface area contributed by atoms with Crippen LogP contribution in [0.4, 0.5) is 10.1 Å². The molecule has 0 fully saturated rings. The first-order valence-corrected chi connectivity index (χ1v) is 5.02. The Morgan fingerprint density at radius 3 is 2.67 bits per heavy atom. The predicted molar refractivity (Wildman–Crippen MR) is 59.3 cm³/mol. The van der Waals surface area contributed by atoms with E-state index in [1.54, 1.807) is 12.1 Å². The number of hydrogen-bond donors (Lipinski definition) is 0. The zero-order valence-electron chi connectivity index (χ0n) is 9.29. The lowest BCUT2D eigenvalue weighted by atomic mass is 10.1. The van der Waals surface area contributed by atoms with Crippen molar-refractivity contribution >= 4 is 5.69 Å². The topological polar surface area (TPSA) is 27.0 Å². The number of nitriles is 1. The highest BCUT2D eigenvalue weighted by Gasteiger charge is 2.12. The lowest BCUT2D eigenvalue weighted by Gasteiger charge is -2.26. The summed E-state index contributed by atoms with van der Waals surface area (Å²) in [6.07, 6.45) is 0.954. The smallest absolute Gasteiger partial charge is 0.147 e. The van der Waals surface area contributed by atoms with Crippen LogP contribution in [-0.4, -0.2) is 13.1 Å². The molecule has 1 aromatic carbocycles. The number of benzene rings is 1. The summed E-state index contributed by atoms with van der Waals surface area (Å²) in [5.74, 6) is -0.336. The summed E-state index contributed by atoms with van der Waals surface area (Å²) in [6.45, 7) is 4.10. The molecule has 0 N–H and O–H groups in total. The van der Waals surface area contributed by atoms with Crippen LogP contribution >= 0.6 is 0 Å². The van der Waals surface area contributed by atoms with Crippen LogP contribution in [0.25, 0.3) is 0 Å². The van der Waals surface area contributed by atoms with Gasteiger partial charge in [0.05, 0.1) is 17.3 Å². The molecule has 1 atom stereocenters. The van der Waals surface area contributed by atoms with E-state index in [2.05, 4.69) is 6.92 Å². The molecular weight excluding hydrogens is 191 g/mol. The molecule has 15 heavy (non-hydrogen) atoms. The molecule has 1 rings (SSSR count). The molecule has 0 radical (unpaired) electrons. The highest BCUT2D eigenvalue weighted by atomic mass is 19.1.